The number of nitrogens with one attached hydrogen (secondary N) is 2. The maximum Gasteiger partial charge on any atom is 0.258 e. The minimum absolute atomic E-state index is 0.165. The van der Waals surface area contributed by atoms with Crippen molar-refractivity contribution < 1.29 is 17.9 Å². The van der Waals surface area contributed by atoms with Crippen LogP contribution in [0.2, 0.25) is 0 Å². The van der Waals surface area contributed by atoms with Gasteiger partial charge in [0.15, 0.2) is 6.61 Å². The molecular formula is C25H28N2O4S. The number of unbranched alkanes of at least 4 members (excludes halogenated alkanes) is 1. The fraction of sp³-hybridized carbons (Fsp3) is 0.240. The molecule has 3 aromatic rings. The lowest BCUT2D eigenvalue weighted by Gasteiger charge is -2.20. The second kappa shape index (κ2) is 11.5. The lowest BCUT2D eigenvalue weighted by atomic mass is 9.99. The van der Waals surface area contributed by atoms with Crippen molar-refractivity contribution >= 4 is 15.9 Å². The SMILES string of the molecule is CCCCNS(=O)(=O)c1ccc(OCC(=O)NC(c2ccccc2)c2ccccc2)cc1. The Kier molecular flexibility index (Phi) is 8.41. The van der Waals surface area contributed by atoms with Crippen LogP contribution in [0.15, 0.2) is 89.8 Å². The normalized spacial score (nSPS) is 11.3. The molecule has 1 amide bonds. The Labute approximate surface area is 189 Å². The summed E-state index contributed by atoms with van der Waals surface area (Å²) < 4.78 is 32.7. The molecule has 0 radical (unpaired) electrons. The van der Waals surface area contributed by atoms with Gasteiger partial charge in [-0.2, -0.15) is 0 Å². The first kappa shape index (κ1) is 23.5. The van der Waals surface area contributed by atoms with Crippen molar-refractivity contribution in [3.63, 3.8) is 0 Å². The van der Waals surface area contributed by atoms with E-state index in [1.165, 1.54) is 12.1 Å². The molecule has 0 spiro atoms. The zero-order valence-electron chi connectivity index (χ0n) is 18.0. The maximum absolute atomic E-state index is 12.6. The Morgan fingerprint density at radius 1 is 0.875 bits per heavy atom. The second-order valence-corrected chi connectivity index (χ2v) is 9.10. The van der Waals surface area contributed by atoms with Gasteiger partial charge in [-0.15, -0.1) is 0 Å². The van der Waals surface area contributed by atoms with E-state index >= 15 is 0 Å². The van der Waals surface area contributed by atoms with Crippen molar-refractivity contribution in [2.45, 2.75) is 30.7 Å². The number of ether oxygens (including phenoxy) is 1. The minimum atomic E-state index is -3.54. The highest BCUT2D eigenvalue weighted by Gasteiger charge is 2.17. The van der Waals surface area contributed by atoms with Gasteiger partial charge in [-0.1, -0.05) is 74.0 Å². The fourth-order valence-corrected chi connectivity index (χ4v) is 4.26. The third-order valence-corrected chi connectivity index (χ3v) is 6.37. The Morgan fingerprint density at radius 2 is 1.44 bits per heavy atom. The van der Waals surface area contributed by atoms with E-state index in [4.69, 9.17) is 4.74 Å². The van der Waals surface area contributed by atoms with Gasteiger partial charge >= 0.3 is 0 Å². The molecule has 0 bridgehead atoms. The lowest BCUT2D eigenvalue weighted by molar-refractivity contribution is -0.123. The number of sulfonamides is 1. The fourth-order valence-electron chi connectivity index (χ4n) is 3.18. The molecule has 0 unspecified atom stereocenters. The van der Waals surface area contributed by atoms with Gasteiger partial charge in [0, 0.05) is 6.54 Å². The van der Waals surface area contributed by atoms with E-state index in [0.717, 1.165) is 24.0 Å². The molecule has 0 atom stereocenters. The molecular weight excluding hydrogens is 424 g/mol. The molecule has 32 heavy (non-hydrogen) atoms. The van der Waals surface area contributed by atoms with Gasteiger partial charge in [0.2, 0.25) is 10.0 Å². The van der Waals surface area contributed by atoms with E-state index in [-0.39, 0.29) is 23.5 Å². The van der Waals surface area contributed by atoms with E-state index in [0.29, 0.717) is 12.3 Å². The number of hydrogen-bond acceptors (Lipinski definition) is 4. The Hall–Kier alpha value is -3.16. The third-order valence-electron chi connectivity index (χ3n) is 4.90. The number of benzene rings is 3. The summed E-state index contributed by atoms with van der Waals surface area (Å²) in [6, 6.07) is 25.2. The molecule has 6 nitrogen and oxygen atoms in total. The van der Waals surface area contributed by atoms with E-state index in [1.807, 2.05) is 67.6 Å². The third kappa shape index (κ3) is 6.67. The molecule has 0 saturated heterocycles. The van der Waals surface area contributed by atoms with Crippen molar-refractivity contribution in [3.8, 4) is 5.75 Å². The van der Waals surface area contributed by atoms with Crippen LogP contribution in [0, 0.1) is 0 Å². The molecule has 3 aromatic carbocycles. The van der Waals surface area contributed by atoms with E-state index in [2.05, 4.69) is 10.0 Å². The molecule has 0 aliphatic rings. The summed E-state index contributed by atoms with van der Waals surface area (Å²) in [5.41, 5.74) is 1.94. The summed E-state index contributed by atoms with van der Waals surface area (Å²) in [5.74, 6) is 0.143. The van der Waals surface area contributed by atoms with Crippen LogP contribution < -0.4 is 14.8 Å². The van der Waals surface area contributed by atoms with Crippen LogP contribution in [0.1, 0.15) is 36.9 Å². The smallest absolute Gasteiger partial charge is 0.258 e. The van der Waals surface area contributed by atoms with Gasteiger partial charge in [-0.3, -0.25) is 4.79 Å². The lowest BCUT2D eigenvalue weighted by Crippen LogP contribution is -2.33. The average molecular weight is 453 g/mol. The van der Waals surface area contributed by atoms with E-state index in [9.17, 15) is 13.2 Å². The molecule has 168 valence electrons. The molecule has 3 rings (SSSR count). The Balaban J connectivity index is 1.61. The van der Waals surface area contributed by atoms with Gasteiger partial charge < -0.3 is 10.1 Å². The standard InChI is InChI=1S/C25H28N2O4S/c1-2-3-18-26-32(29,30)23-16-14-22(15-17-23)31-19-24(28)27-25(20-10-6-4-7-11-20)21-12-8-5-9-13-21/h4-17,25-26H,2-3,18-19H2,1H3,(H,27,28). The molecule has 0 aliphatic carbocycles. The quantitative estimate of drug-likeness (QED) is 0.430. The van der Waals surface area contributed by atoms with Crippen LogP contribution in [0.25, 0.3) is 0 Å². The number of hydrogen-bond donors (Lipinski definition) is 2. The van der Waals surface area contributed by atoms with Crippen molar-refractivity contribution in [3.05, 3.63) is 96.1 Å². The first-order chi connectivity index (χ1) is 15.5. The Morgan fingerprint density at radius 3 is 1.97 bits per heavy atom. The predicted molar refractivity (Wildman–Crippen MR) is 125 cm³/mol. The van der Waals surface area contributed by atoms with Crippen LogP contribution in [-0.2, 0) is 14.8 Å². The number of carbonyl (C=O) groups is 1. The van der Waals surface area contributed by atoms with Gasteiger partial charge in [-0.25, -0.2) is 13.1 Å². The summed E-state index contributed by atoms with van der Waals surface area (Å²) in [7, 11) is -3.54. The summed E-state index contributed by atoms with van der Waals surface area (Å²) in [4.78, 5) is 12.8. The van der Waals surface area contributed by atoms with Gasteiger partial charge in [-0.05, 0) is 41.8 Å². The van der Waals surface area contributed by atoms with Gasteiger partial charge in [0.25, 0.3) is 5.91 Å². The highest BCUT2D eigenvalue weighted by molar-refractivity contribution is 7.89. The topological polar surface area (TPSA) is 84.5 Å². The number of amides is 1. The van der Waals surface area contributed by atoms with E-state index < -0.39 is 10.0 Å². The Bertz CT molecular complexity index is 1050. The zero-order valence-corrected chi connectivity index (χ0v) is 18.8. The maximum atomic E-state index is 12.6. The average Bonchev–Trinajstić information content (AvgIpc) is 2.83. The monoisotopic (exact) mass is 452 g/mol. The number of rotatable bonds is 11. The summed E-state index contributed by atoms with van der Waals surface area (Å²) >= 11 is 0. The van der Waals surface area contributed by atoms with Gasteiger partial charge in [0.05, 0.1) is 10.9 Å². The van der Waals surface area contributed by atoms with Crippen LogP contribution >= 0.6 is 0 Å². The van der Waals surface area contributed by atoms with Crippen molar-refractivity contribution in [1.82, 2.24) is 10.0 Å². The summed E-state index contributed by atoms with van der Waals surface area (Å²) in [6.45, 7) is 2.22. The van der Waals surface area contributed by atoms with Crippen molar-refractivity contribution in [1.29, 1.82) is 0 Å². The van der Waals surface area contributed by atoms with Crippen LogP contribution in [0.4, 0.5) is 0 Å². The first-order valence-electron chi connectivity index (χ1n) is 10.6. The predicted octanol–water partition coefficient (Wildman–Crippen LogP) is 4.05. The highest BCUT2D eigenvalue weighted by atomic mass is 32.2. The summed E-state index contributed by atoms with van der Waals surface area (Å²) in [5, 5.41) is 3.01. The second-order valence-electron chi connectivity index (χ2n) is 7.33. The van der Waals surface area contributed by atoms with Crippen LogP contribution in [0.3, 0.4) is 0 Å². The van der Waals surface area contributed by atoms with Crippen LogP contribution in [0.5, 0.6) is 5.75 Å². The molecule has 0 fully saturated rings. The number of carbonyl (C=O) groups excluding carboxylic acids is 1. The minimum Gasteiger partial charge on any atom is -0.484 e. The molecule has 0 saturated carbocycles. The van der Waals surface area contributed by atoms with Gasteiger partial charge in [0.1, 0.15) is 5.75 Å². The largest absolute Gasteiger partial charge is 0.484 e. The van der Waals surface area contributed by atoms with E-state index in [1.54, 1.807) is 12.1 Å². The molecule has 2 N–H and O–H groups in total. The first-order valence-corrected chi connectivity index (χ1v) is 12.1. The van der Waals surface area contributed by atoms with Crippen molar-refractivity contribution in [2.75, 3.05) is 13.2 Å². The summed E-state index contributed by atoms with van der Waals surface area (Å²) in [6.07, 6.45) is 1.69. The molecule has 0 aliphatic heterocycles. The highest BCUT2D eigenvalue weighted by Crippen LogP contribution is 2.22. The molecule has 0 heterocycles. The van der Waals surface area contributed by atoms with Crippen molar-refractivity contribution in [2.24, 2.45) is 0 Å². The zero-order chi connectivity index (χ0) is 22.8. The van der Waals surface area contributed by atoms with Crippen LogP contribution in [-0.4, -0.2) is 27.5 Å². The molecule has 0 aromatic heterocycles. The molecule has 7 heteroatoms.